The first kappa shape index (κ1) is 12.0. The highest BCUT2D eigenvalue weighted by Crippen LogP contribution is 2.45. The van der Waals surface area contributed by atoms with Crippen LogP contribution in [0.1, 0.15) is 45.4 Å². The SMILES string of the molecule is CC(=O)NCCCCC1(C(=O)O)CCC1. The molecule has 2 N–H and O–H groups in total. The highest BCUT2D eigenvalue weighted by atomic mass is 16.4. The van der Waals surface area contributed by atoms with Gasteiger partial charge in [0.05, 0.1) is 5.41 Å². The highest BCUT2D eigenvalue weighted by Gasteiger charge is 2.43. The van der Waals surface area contributed by atoms with Gasteiger partial charge in [-0.2, -0.15) is 0 Å². The molecule has 86 valence electrons. The van der Waals surface area contributed by atoms with Crippen molar-refractivity contribution in [2.45, 2.75) is 45.4 Å². The van der Waals surface area contributed by atoms with Gasteiger partial charge in [-0.15, -0.1) is 0 Å². The van der Waals surface area contributed by atoms with E-state index in [9.17, 15) is 9.59 Å². The fraction of sp³-hybridized carbons (Fsp3) is 0.818. The Kier molecular flexibility index (Phi) is 4.12. The van der Waals surface area contributed by atoms with Gasteiger partial charge in [-0.05, 0) is 25.7 Å². The van der Waals surface area contributed by atoms with Crippen LogP contribution in [0, 0.1) is 5.41 Å². The van der Waals surface area contributed by atoms with E-state index in [1.165, 1.54) is 6.92 Å². The minimum Gasteiger partial charge on any atom is -0.481 e. The maximum atomic E-state index is 11.0. The topological polar surface area (TPSA) is 66.4 Å². The molecule has 0 aromatic carbocycles. The van der Waals surface area contributed by atoms with E-state index in [-0.39, 0.29) is 5.91 Å². The maximum Gasteiger partial charge on any atom is 0.309 e. The lowest BCUT2D eigenvalue weighted by Gasteiger charge is -2.37. The molecule has 0 spiro atoms. The van der Waals surface area contributed by atoms with Crippen molar-refractivity contribution in [3.05, 3.63) is 0 Å². The van der Waals surface area contributed by atoms with Crippen molar-refractivity contribution in [3.8, 4) is 0 Å². The zero-order valence-corrected chi connectivity index (χ0v) is 9.21. The molecule has 0 radical (unpaired) electrons. The summed E-state index contributed by atoms with van der Waals surface area (Å²) < 4.78 is 0. The predicted octanol–water partition coefficient (Wildman–Crippen LogP) is 1.55. The molecule has 1 fully saturated rings. The van der Waals surface area contributed by atoms with Crippen molar-refractivity contribution in [2.24, 2.45) is 5.41 Å². The van der Waals surface area contributed by atoms with Crippen LogP contribution in [0.2, 0.25) is 0 Å². The number of carbonyl (C=O) groups is 2. The number of carbonyl (C=O) groups excluding carboxylic acids is 1. The van der Waals surface area contributed by atoms with Gasteiger partial charge in [0.15, 0.2) is 0 Å². The monoisotopic (exact) mass is 213 g/mol. The molecule has 15 heavy (non-hydrogen) atoms. The van der Waals surface area contributed by atoms with E-state index in [4.69, 9.17) is 5.11 Å². The van der Waals surface area contributed by atoms with Gasteiger partial charge < -0.3 is 10.4 Å². The van der Waals surface area contributed by atoms with E-state index in [0.29, 0.717) is 6.54 Å². The Bertz CT molecular complexity index is 246. The number of carboxylic acids is 1. The van der Waals surface area contributed by atoms with Crippen molar-refractivity contribution in [3.63, 3.8) is 0 Å². The van der Waals surface area contributed by atoms with Crippen LogP contribution in [0.15, 0.2) is 0 Å². The molecule has 4 heteroatoms. The molecule has 0 aliphatic heterocycles. The molecular formula is C11H19NO3. The lowest BCUT2D eigenvalue weighted by molar-refractivity contribution is -0.155. The van der Waals surface area contributed by atoms with Gasteiger partial charge >= 0.3 is 5.97 Å². The van der Waals surface area contributed by atoms with Crippen LogP contribution in [-0.4, -0.2) is 23.5 Å². The molecule has 0 atom stereocenters. The lowest BCUT2D eigenvalue weighted by Crippen LogP contribution is -2.37. The highest BCUT2D eigenvalue weighted by molar-refractivity contribution is 5.75. The Balaban J connectivity index is 2.13. The summed E-state index contributed by atoms with van der Waals surface area (Å²) in [7, 11) is 0. The molecule has 0 unspecified atom stereocenters. The van der Waals surface area contributed by atoms with E-state index in [2.05, 4.69) is 5.32 Å². The van der Waals surface area contributed by atoms with Crippen molar-refractivity contribution in [1.29, 1.82) is 0 Å². The largest absolute Gasteiger partial charge is 0.481 e. The van der Waals surface area contributed by atoms with E-state index in [1.54, 1.807) is 0 Å². The van der Waals surface area contributed by atoms with Crippen molar-refractivity contribution >= 4 is 11.9 Å². The van der Waals surface area contributed by atoms with Gasteiger partial charge in [0.1, 0.15) is 0 Å². The molecule has 4 nitrogen and oxygen atoms in total. The molecule has 1 aliphatic rings. The first-order chi connectivity index (χ1) is 7.07. The van der Waals surface area contributed by atoms with Crippen LogP contribution in [0.25, 0.3) is 0 Å². The molecule has 0 aromatic rings. The number of carboxylic acid groups (broad SMARTS) is 1. The summed E-state index contributed by atoms with van der Waals surface area (Å²) in [5.41, 5.74) is -0.434. The van der Waals surface area contributed by atoms with Gasteiger partial charge in [0, 0.05) is 13.5 Å². The molecule has 1 rings (SSSR count). The standard InChI is InChI=1S/C11H19NO3/c1-9(13)12-8-3-2-5-11(10(14)15)6-4-7-11/h2-8H2,1H3,(H,12,13)(H,14,15). The molecule has 0 aromatic heterocycles. The number of amides is 1. The number of hydrogen-bond acceptors (Lipinski definition) is 2. The van der Waals surface area contributed by atoms with E-state index >= 15 is 0 Å². The average molecular weight is 213 g/mol. The summed E-state index contributed by atoms with van der Waals surface area (Å²) in [6.07, 6.45) is 5.19. The fourth-order valence-corrected chi connectivity index (χ4v) is 2.03. The minimum absolute atomic E-state index is 0.0217. The van der Waals surface area contributed by atoms with E-state index < -0.39 is 11.4 Å². The number of rotatable bonds is 6. The number of hydrogen-bond donors (Lipinski definition) is 2. The Labute approximate surface area is 90.0 Å². The Hall–Kier alpha value is -1.06. The Morgan fingerprint density at radius 3 is 2.40 bits per heavy atom. The fourth-order valence-electron chi connectivity index (χ4n) is 2.03. The number of aliphatic carboxylic acids is 1. The third-order valence-corrected chi connectivity index (χ3v) is 3.22. The molecule has 0 bridgehead atoms. The molecule has 0 heterocycles. The Morgan fingerprint density at radius 2 is 2.00 bits per heavy atom. The Morgan fingerprint density at radius 1 is 1.33 bits per heavy atom. The maximum absolute atomic E-state index is 11.0. The lowest BCUT2D eigenvalue weighted by atomic mass is 9.66. The summed E-state index contributed by atoms with van der Waals surface area (Å²) in [4.78, 5) is 21.6. The third kappa shape index (κ3) is 3.22. The second kappa shape index (κ2) is 5.14. The van der Waals surface area contributed by atoms with Crippen molar-refractivity contribution in [2.75, 3.05) is 6.54 Å². The molecule has 1 saturated carbocycles. The van der Waals surface area contributed by atoms with Crippen LogP contribution in [0.5, 0.6) is 0 Å². The van der Waals surface area contributed by atoms with Crippen molar-refractivity contribution in [1.82, 2.24) is 5.32 Å². The normalized spacial score (nSPS) is 17.9. The summed E-state index contributed by atoms with van der Waals surface area (Å²) in [5, 5.41) is 11.8. The minimum atomic E-state index is -0.645. The predicted molar refractivity (Wildman–Crippen MR) is 56.5 cm³/mol. The first-order valence-electron chi connectivity index (χ1n) is 5.55. The first-order valence-corrected chi connectivity index (χ1v) is 5.55. The van der Waals surface area contributed by atoms with E-state index in [0.717, 1.165) is 38.5 Å². The van der Waals surface area contributed by atoms with Crippen LogP contribution in [0.3, 0.4) is 0 Å². The van der Waals surface area contributed by atoms with Gasteiger partial charge in [-0.3, -0.25) is 9.59 Å². The molecule has 1 aliphatic carbocycles. The summed E-state index contributed by atoms with van der Waals surface area (Å²) in [6, 6.07) is 0. The zero-order valence-electron chi connectivity index (χ0n) is 9.21. The van der Waals surface area contributed by atoms with Gasteiger partial charge in [-0.25, -0.2) is 0 Å². The quantitative estimate of drug-likeness (QED) is 0.658. The van der Waals surface area contributed by atoms with Crippen molar-refractivity contribution < 1.29 is 14.7 Å². The third-order valence-electron chi connectivity index (χ3n) is 3.22. The van der Waals surface area contributed by atoms with Crippen LogP contribution < -0.4 is 5.32 Å². The smallest absolute Gasteiger partial charge is 0.309 e. The molecule has 1 amide bonds. The summed E-state index contributed by atoms with van der Waals surface area (Å²) in [6.45, 7) is 2.15. The average Bonchev–Trinajstić information content (AvgIpc) is 2.06. The van der Waals surface area contributed by atoms with Gasteiger partial charge in [-0.1, -0.05) is 12.8 Å². The van der Waals surface area contributed by atoms with Crippen LogP contribution in [-0.2, 0) is 9.59 Å². The number of unbranched alkanes of at least 4 members (excludes halogenated alkanes) is 1. The second-order valence-electron chi connectivity index (χ2n) is 4.38. The zero-order chi connectivity index (χ0) is 11.3. The summed E-state index contributed by atoms with van der Waals surface area (Å²) >= 11 is 0. The van der Waals surface area contributed by atoms with Gasteiger partial charge in [0.25, 0.3) is 0 Å². The molecule has 0 saturated heterocycles. The second-order valence-corrected chi connectivity index (χ2v) is 4.38. The van der Waals surface area contributed by atoms with Gasteiger partial charge in [0.2, 0.25) is 5.91 Å². The molecular weight excluding hydrogens is 194 g/mol. The summed E-state index contributed by atoms with van der Waals surface area (Å²) in [5.74, 6) is -0.667. The van der Waals surface area contributed by atoms with E-state index in [1.807, 2.05) is 0 Å². The van der Waals surface area contributed by atoms with Crippen LogP contribution >= 0.6 is 0 Å². The number of nitrogens with one attached hydrogen (secondary N) is 1. The van der Waals surface area contributed by atoms with Crippen LogP contribution in [0.4, 0.5) is 0 Å².